The highest BCUT2D eigenvalue weighted by Gasteiger charge is 2.29. The van der Waals surface area contributed by atoms with Crippen LogP contribution < -0.4 is 14.4 Å². The fourth-order valence-electron chi connectivity index (χ4n) is 3.33. The van der Waals surface area contributed by atoms with Gasteiger partial charge in [-0.05, 0) is 54.4 Å². The third-order valence-corrected chi connectivity index (χ3v) is 7.37. The summed E-state index contributed by atoms with van der Waals surface area (Å²) in [5, 5.41) is 3.40. The van der Waals surface area contributed by atoms with E-state index in [0.717, 1.165) is 9.87 Å². The van der Waals surface area contributed by atoms with E-state index in [0.29, 0.717) is 17.2 Å². The summed E-state index contributed by atoms with van der Waals surface area (Å²) in [5.74, 6) is 0.237. The molecule has 33 heavy (non-hydrogen) atoms. The Morgan fingerprint density at radius 2 is 1.70 bits per heavy atom. The number of nitrogens with zero attached hydrogens (tertiary/aromatic N) is 1. The van der Waals surface area contributed by atoms with Gasteiger partial charge in [-0.1, -0.05) is 60.5 Å². The molecule has 0 aliphatic heterocycles. The second kappa shape index (κ2) is 10.9. The number of carbonyl (C=O) groups is 1. The number of carbonyl (C=O) groups excluding carboxylic acids is 1. The van der Waals surface area contributed by atoms with Crippen LogP contribution in [0.25, 0.3) is 0 Å². The maximum Gasteiger partial charge on any atom is 0.264 e. The van der Waals surface area contributed by atoms with E-state index in [9.17, 15) is 13.2 Å². The van der Waals surface area contributed by atoms with Crippen molar-refractivity contribution in [2.75, 3.05) is 18.0 Å². The van der Waals surface area contributed by atoms with Gasteiger partial charge in [0.25, 0.3) is 10.0 Å². The molecule has 174 valence electrons. The number of halogens is 2. The third-order valence-electron chi connectivity index (χ3n) is 5.06. The summed E-state index contributed by atoms with van der Waals surface area (Å²) in [4.78, 5) is 13.1. The fourth-order valence-corrected chi connectivity index (χ4v) is 5.35. The van der Waals surface area contributed by atoms with Gasteiger partial charge in [0.05, 0.1) is 28.8 Å². The van der Waals surface area contributed by atoms with Crippen LogP contribution in [0.2, 0.25) is 10.0 Å². The Balaban J connectivity index is 1.91. The van der Waals surface area contributed by atoms with Crippen molar-refractivity contribution in [3.05, 3.63) is 88.4 Å². The number of benzene rings is 3. The topological polar surface area (TPSA) is 75.7 Å². The van der Waals surface area contributed by atoms with Gasteiger partial charge < -0.3 is 10.1 Å². The van der Waals surface area contributed by atoms with Gasteiger partial charge in [-0.15, -0.1) is 0 Å². The lowest BCUT2D eigenvalue weighted by Crippen LogP contribution is -2.42. The molecular formula is C24H24Cl2N2O4S. The standard InChI is InChI=1S/C24H24Cl2N2O4S/c1-3-22(17-9-12-19(32-2)13-10-17)27-24(29)16-28(23-14-11-18(25)15-21(23)26)33(30,31)20-7-5-4-6-8-20/h4-15,22H,3,16H2,1-2H3,(H,27,29)/t22-/m1/s1. The Hall–Kier alpha value is -2.74. The number of hydrogen-bond acceptors (Lipinski definition) is 4. The highest BCUT2D eigenvalue weighted by molar-refractivity contribution is 7.92. The predicted octanol–water partition coefficient (Wildman–Crippen LogP) is 5.46. The van der Waals surface area contributed by atoms with Crippen LogP contribution in [0.1, 0.15) is 24.9 Å². The van der Waals surface area contributed by atoms with Crippen LogP contribution in [0.3, 0.4) is 0 Å². The predicted molar refractivity (Wildman–Crippen MR) is 132 cm³/mol. The minimum atomic E-state index is -4.07. The van der Waals surface area contributed by atoms with E-state index in [1.807, 2.05) is 31.2 Å². The third kappa shape index (κ3) is 5.99. The van der Waals surface area contributed by atoms with E-state index < -0.39 is 22.5 Å². The lowest BCUT2D eigenvalue weighted by atomic mass is 10.0. The number of nitrogens with one attached hydrogen (secondary N) is 1. The highest BCUT2D eigenvalue weighted by Crippen LogP contribution is 2.32. The second-order valence-electron chi connectivity index (χ2n) is 7.22. The molecule has 0 unspecified atom stereocenters. The van der Waals surface area contributed by atoms with Gasteiger partial charge in [0.1, 0.15) is 12.3 Å². The number of sulfonamides is 1. The van der Waals surface area contributed by atoms with Gasteiger partial charge in [0.15, 0.2) is 0 Å². The molecule has 3 rings (SSSR count). The lowest BCUT2D eigenvalue weighted by Gasteiger charge is -2.26. The smallest absolute Gasteiger partial charge is 0.264 e. The summed E-state index contributed by atoms with van der Waals surface area (Å²) in [6.07, 6.45) is 0.616. The van der Waals surface area contributed by atoms with Gasteiger partial charge >= 0.3 is 0 Å². The Bertz CT molecular complexity index is 1200. The van der Waals surface area contributed by atoms with Crippen LogP contribution in [-0.2, 0) is 14.8 Å². The molecule has 0 spiro atoms. The molecule has 9 heteroatoms. The molecule has 1 N–H and O–H groups in total. The lowest BCUT2D eigenvalue weighted by molar-refractivity contribution is -0.120. The largest absolute Gasteiger partial charge is 0.497 e. The zero-order valence-electron chi connectivity index (χ0n) is 18.2. The zero-order valence-corrected chi connectivity index (χ0v) is 20.5. The molecule has 3 aromatic rings. The van der Waals surface area contributed by atoms with Crippen molar-refractivity contribution in [3.63, 3.8) is 0 Å². The molecule has 6 nitrogen and oxygen atoms in total. The van der Waals surface area contributed by atoms with E-state index in [1.54, 1.807) is 25.3 Å². The van der Waals surface area contributed by atoms with E-state index in [2.05, 4.69) is 5.32 Å². The van der Waals surface area contributed by atoms with E-state index in [4.69, 9.17) is 27.9 Å². The van der Waals surface area contributed by atoms with Gasteiger partial charge in [-0.2, -0.15) is 0 Å². The Kier molecular flexibility index (Phi) is 8.24. The maximum atomic E-state index is 13.4. The summed E-state index contributed by atoms with van der Waals surface area (Å²) in [7, 11) is -2.49. The fraction of sp³-hybridized carbons (Fsp3) is 0.208. The molecule has 0 bridgehead atoms. The number of methoxy groups -OCH3 is 1. The molecule has 0 aliphatic rings. The van der Waals surface area contributed by atoms with Crippen molar-refractivity contribution in [2.45, 2.75) is 24.3 Å². The van der Waals surface area contributed by atoms with E-state index in [-0.39, 0.29) is 21.6 Å². The van der Waals surface area contributed by atoms with Crippen molar-refractivity contribution in [1.82, 2.24) is 5.32 Å². The number of ether oxygens (including phenoxy) is 1. The summed E-state index contributed by atoms with van der Waals surface area (Å²) in [5.41, 5.74) is 1.05. The number of amides is 1. The molecule has 0 heterocycles. The molecule has 0 saturated heterocycles. The summed E-state index contributed by atoms with van der Waals surface area (Å²) < 4.78 is 33.1. The number of hydrogen-bond donors (Lipinski definition) is 1. The van der Waals surface area contributed by atoms with Crippen LogP contribution in [0.15, 0.2) is 77.7 Å². The minimum Gasteiger partial charge on any atom is -0.497 e. The van der Waals surface area contributed by atoms with Crippen LogP contribution in [0.5, 0.6) is 5.75 Å². The molecule has 0 aliphatic carbocycles. The first-order valence-electron chi connectivity index (χ1n) is 10.2. The number of anilines is 1. The van der Waals surface area contributed by atoms with E-state index >= 15 is 0 Å². The monoisotopic (exact) mass is 506 g/mol. The Morgan fingerprint density at radius 3 is 2.27 bits per heavy atom. The molecule has 1 atom stereocenters. The van der Waals surface area contributed by atoms with Gasteiger partial charge in [0.2, 0.25) is 5.91 Å². The van der Waals surface area contributed by atoms with Gasteiger partial charge in [-0.25, -0.2) is 8.42 Å². The first-order valence-corrected chi connectivity index (χ1v) is 12.4. The SMILES string of the molecule is CC[C@@H](NC(=O)CN(c1ccc(Cl)cc1Cl)S(=O)(=O)c1ccccc1)c1ccc(OC)cc1. The minimum absolute atomic E-state index is 0.0472. The van der Waals surface area contributed by atoms with Crippen molar-refractivity contribution in [3.8, 4) is 5.75 Å². The molecular weight excluding hydrogens is 483 g/mol. The molecule has 0 saturated carbocycles. The van der Waals surface area contributed by atoms with Crippen LogP contribution in [-0.4, -0.2) is 28.0 Å². The molecule has 0 radical (unpaired) electrons. The van der Waals surface area contributed by atoms with Crippen LogP contribution >= 0.6 is 23.2 Å². The van der Waals surface area contributed by atoms with Crippen molar-refractivity contribution in [2.24, 2.45) is 0 Å². The molecule has 0 fully saturated rings. The van der Waals surface area contributed by atoms with Crippen molar-refractivity contribution < 1.29 is 17.9 Å². The van der Waals surface area contributed by atoms with Crippen molar-refractivity contribution >= 4 is 44.8 Å². The highest BCUT2D eigenvalue weighted by atomic mass is 35.5. The van der Waals surface area contributed by atoms with Crippen LogP contribution in [0, 0.1) is 0 Å². The normalized spacial score (nSPS) is 12.1. The maximum absolute atomic E-state index is 13.4. The molecule has 1 amide bonds. The van der Waals surface area contributed by atoms with Crippen LogP contribution in [0.4, 0.5) is 5.69 Å². The summed E-state index contributed by atoms with van der Waals surface area (Å²) in [6, 6.07) is 19.4. The first-order chi connectivity index (χ1) is 15.8. The number of rotatable bonds is 9. The Labute approximate surface area is 204 Å². The van der Waals surface area contributed by atoms with Gasteiger partial charge in [0, 0.05) is 5.02 Å². The second-order valence-corrected chi connectivity index (χ2v) is 9.93. The molecule has 0 aromatic heterocycles. The summed E-state index contributed by atoms with van der Waals surface area (Å²) >= 11 is 12.3. The average molecular weight is 507 g/mol. The summed E-state index contributed by atoms with van der Waals surface area (Å²) in [6.45, 7) is 1.48. The van der Waals surface area contributed by atoms with Crippen molar-refractivity contribution in [1.29, 1.82) is 0 Å². The van der Waals surface area contributed by atoms with Gasteiger partial charge in [-0.3, -0.25) is 9.10 Å². The quantitative estimate of drug-likeness (QED) is 0.417. The Morgan fingerprint density at radius 1 is 1.03 bits per heavy atom. The average Bonchev–Trinajstić information content (AvgIpc) is 2.82. The zero-order chi connectivity index (χ0) is 24.0. The molecule has 3 aromatic carbocycles. The van der Waals surface area contributed by atoms with E-state index in [1.165, 1.54) is 30.3 Å². The first kappa shape index (κ1) is 24.9.